The first-order valence-electron chi connectivity index (χ1n) is 13.2. The van der Waals surface area contributed by atoms with E-state index >= 15 is 0 Å². The number of hydrogen-bond donors (Lipinski definition) is 1. The molecule has 2 aromatic heterocycles. The van der Waals surface area contributed by atoms with Gasteiger partial charge in [-0.25, -0.2) is 5.43 Å². The Morgan fingerprint density at radius 3 is 2.70 bits per heavy atom. The number of halogens is 2. The number of aryl methyl sites for hydroxylation is 1. The lowest BCUT2D eigenvalue weighted by Crippen LogP contribution is -2.04. The zero-order valence-electron chi connectivity index (χ0n) is 22.4. The molecule has 0 atom stereocenters. The number of hydrogen-bond acceptors (Lipinski definition) is 7. The number of para-hydroxylation sites is 1. The molecule has 0 bridgehead atoms. The molecule has 0 saturated carbocycles. The molecule has 0 unspecified atom stereocenters. The van der Waals surface area contributed by atoms with Crippen molar-refractivity contribution in [2.24, 2.45) is 5.10 Å². The van der Waals surface area contributed by atoms with Gasteiger partial charge in [0.15, 0.2) is 17.1 Å². The summed E-state index contributed by atoms with van der Waals surface area (Å²) in [5.74, 6) is 1.47. The number of rotatable bonds is 12. The van der Waals surface area contributed by atoms with Crippen molar-refractivity contribution in [1.82, 2.24) is 19.7 Å². The molecule has 0 aliphatic carbocycles. The Morgan fingerprint density at radius 1 is 1.05 bits per heavy atom. The molecule has 1 N–H and O–H groups in total. The fourth-order valence-electron chi connectivity index (χ4n) is 4.56. The number of ether oxygens (including phenoxy) is 2. The second-order valence-corrected chi connectivity index (χ2v) is 10.6. The third kappa shape index (κ3) is 6.21. The van der Waals surface area contributed by atoms with Crippen LogP contribution in [0.5, 0.6) is 11.5 Å². The first-order chi connectivity index (χ1) is 19.6. The van der Waals surface area contributed by atoms with E-state index in [1.54, 1.807) is 13.3 Å². The summed E-state index contributed by atoms with van der Waals surface area (Å²) < 4.78 is 14.6. The second kappa shape index (κ2) is 13.1. The van der Waals surface area contributed by atoms with Gasteiger partial charge in [0, 0.05) is 22.5 Å². The van der Waals surface area contributed by atoms with Crippen molar-refractivity contribution in [3.63, 3.8) is 0 Å². The van der Waals surface area contributed by atoms with Crippen molar-refractivity contribution in [3.05, 3.63) is 81.3 Å². The molecule has 0 radical (unpaired) electrons. The molecule has 40 heavy (non-hydrogen) atoms. The van der Waals surface area contributed by atoms with Gasteiger partial charge in [-0.2, -0.15) is 10.1 Å². The number of nitrogens with one attached hydrogen (secondary N) is 1. The average Bonchev–Trinajstić information content (AvgIpc) is 3.28. The molecule has 0 amide bonds. The van der Waals surface area contributed by atoms with Crippen LogP contribution in [0.1, 0.15) is 43.7 Å². The number of hydrazone groups is 1. The summed E-state index contributed by atoms with van der Waals surface area (Å²) in [7, 11) is 1.60. The van der Waals surface area contributed by atoms with Crippen LogP contribution in [0.25, 0.3) is 22.1 Å². The third-order valence-corrected chi connectivity index (χ3v) is 7.53. The van der Waals surface area contributed by atoms with Gasteiger partial charge in [0.2, 0.25) is 0 Å². The smallest absolute Gasteiger partial charge is 0.265 e. The molecule has 5 aromatic rings. The standard InChI is InChI=1S/C30H30BrClN6O2/c1-3-4-5-10-15-38-25-14-9-7-12-22(25)27-29(38)34-30(37-35-27)36-33-18-20-16-23(31)28(26(17-20)39-2)40-19-21-11-6-8-13-24(21)32/h6-9,11-14,16-18H,3-5,10,15,19H2,1-2H3,(H,34,36,37)/b33-18+. The van der Waals surface area contributed by atoms with Crippen molar-refractivity contribution in [1.29, 1.82) is 0 Å². The lowest BCUT2D eigenvalue weighted by atomic mass is 10.2. The highest BCUT2D eigenvalue weighted by molar-refractivity contribution is 9.10. The van der Waals surface area contributed by atoms with Gasteiger partial charge in [-0.05, 0) is 52.2 Å². The lowest BCUT2D eigenvalue weighted by Gasteiger charge is -2.14. The van der Waals surface area contributed by atoms with E-state index in [1.807, 2.05) is 48.5 Å². The Kier molecular flexibility index (Phi) is 9.13. The van der Waals surface area contributed by atoms with Crippen LogP contribution in [0.2, 0.25) is 5.02 Å². The number of unbranched alkanes of at least 4 members (excludes halogenated alkanes) is 3. The van der Waals surface area contributed by atoms with Crippen LogP contribution in [-0.2, 0) is 13.2 Å². The number of fused-ring (bicyclic) bond motifs is 3. The van der Waals surface area contributed by atoms with Gasteiger partial charge in [-0.1, -0.05) is 74.2 Å². The number of methoxy groups -OCH3 is 1. The summed E-state index contributed by atoms with van der Waals surface area (Å²) in [5.41, 5.74) is 7.32. The van der Waals surface area contributed by atoms with Gasteiger partial charge >= 0.3 is 0 Å². The predicted octanol–water partition coefficient (Wildman–Crippen LogP) is 8.01. The van der Waals surface area contributed by atoms with E-state index in [-0.39, 0.29) is 0 Å². The number of benzene rings is 3. The van der Waals surface area contributed by atoms with Crippen LogP contribution in [0.4, 0.5) is 5.95 Å². The Bertz CT molecular complexity index is 1650. The molecule has 5 rings (SSSR count). The van der Waals surface area contributed by atoms with E-state index in [0.29, 0.717) is 29.1 Å². The zero-order valence-corrected chi connectivity index (χ0v) is 24.7. The van der Waals surface area contributed by atoms with E-state index < -0.39 is 0 Å². The molecule has 206 valence electrons. The largest absolute Gasteiger partial charge is 0.493 e. The second-order valence-electron chi connectivity index (χ2n) is 9.32. The molecule has 3 aromatic carbocycles. The van der Waals surface area contributed by atoms with Crippen molar-refractivity contribution in [2.45, 2.75) is 45.8 Å². The van der Waals surface area contributed by atoms with Crippen molar-refractivity contribution in [3.8, 4) is 11.5 Å². The molecule has 2 heterocycles. The third-order valence-electron chi connectivity index (χ3n) is 6.57. The first kappa shape index (κ1) is 27.9. The van der Waals surface area contributed by atoms with Gasteiger partial charge in [-0.3, -0.25) is 0 Å². The molecule has 0 fully saturated rings. The van der Waals surface area contributed by atoms with Crippen molar-refractivity contribution in [2.75, 3.05) is 12.5 Å². The summed E-state index contributed by atoms with van der Waals surface area (Å²) in [6.45, 7) is 3.41. The Morgan fingerprint density at radius 2 is 1.88 bits per heavy atom. The van der Waals surface area contributed by atoms with Crippen LogP contribution in [-0.4, -0.2) is 33.1 Å². The maximum Gasteiger partial charge on any atom is 0.265 e. The van der Waals surface area contributed by atoms with Gasteiger partial charge in [0.25, 0.3) is 5.95 Å². The van der Waals surface area contributed by atoms with Crippen LogP contribution >= 0.6 is 27.5 Å². The van der Waals surface area contributed by atoms with Crippen LogP contribution in [0.3, 0.4) is 0 Å². The maximum atomic E-state index is 6.27. The zero-order chi connectivity index (χ0) is 27.9. The highest BCUT2D eigenvalue weighted by Crippen LogP contribution is 2.37. The Labute approximate surface area is 246 Å². The molecule has 0 spiro atoms. The van der Waals surface area contributed by atoms with Gasteiger partial charge in [0.05, 0.1) is 23.3 Å². The van der Waals surface area contributed by atoms with E-state index in [4.69, 9.17) is 26.1 Å². The molecule has 10 heteroatoms. The van der Waals surface area contributed by atoms with E-state index in [9.17, 15) is 0 Å². The van der Waals surface area contributed by atoms with Crippen molar-refractivity contribution < 1.29 is 9.47 Å². The highest BCUT2D eigenvalue weighted by atomic mass is 79.9. The molecule has 0 saturated heterocycles. The van der Waals surface area contributed by atoms with E-state index in [0.717, 1.165) is 50.6 Å². The highest BCUT2D eigenvalue weighted by Gasteiger charge is 2.15. The van der Waals surface area contributed by atoms with Crippen molar-refractivity contribution >= 4 is 61.8 Å². The van der Waals surface area contributed by atoms with Crippen LogP contribution in [0.15, 0.2) is 70.2 Å². The quantitative estimate of drug-likeness (QED) is 0.0863. The normalized spacial score (nSPS) is 11.5. The van der Waals surface area contributed by atoms with Gasteiger partial charge in [0.1, 0.15) is 12.1 Å². The SMILES string of the molecule is CCCCCCn1c2ccccc2c2nnc(N/N=C/c3cc(Br)c(OCc4ccccc4Cl)c(OC)c3)nc21. The van der Waals surface area contributed by atoms with Gasteiger partial charge in [-0.15, -0.1) is 10.2 Å². The number of aromatic nitrogens is 4. The fraction of sp³-hybridized carbons (Fsp3) is 0.267. The summed E-state index contributed by atoms with van der Waals surface area (Å²) in [6, 6.07) is 19.5. The van der Waals surface area contributed by atoms with E-state index in [2.05, 4.69) is 60.3 Å². The molecule has 8 nitrogen and oxygen atoms in total. The average molecular weight is 622 g/mol. The Balaban J connectivity index is 1.33. The monoisotopic (exact) mass is 620 g/mol. The minimum atomic E-state index is 0.311. The Hall–Kier alpha value is -3.69. The van der Waals surface area contributed by atoms with Gasteiger partial charge < -0.3 is 14.0 Å². The summed E-state index contributed by atoms with van der Waals surface area (Å²) in [6.07, 6.45) is 6.35. The summed E-state index contributed by atoms with van der Waals surface area (Å²) >= 11 is 9.86. The van der Waals surface area contributed by atoms with E-state index in [1.165, 1.54) is 19.3 Å². The molecule has 0 aliphatic heterocycles. The summed E-state index contributed by atoms with van der Waals surface area (Å²) in [5, 5.41) is 14.8. The molecular weight excluding hydrogens is 592 g/mol. The number of nitrogens with zero attached hydrogens (tertiary/aromatic N) is 5. The predicted molar refractivity (Wildman–Crippen MR) is 165 cm³/mol. The van der Waals surface area contributed by atoms with Crippen LogP contribution in [0, 0.1) is 0 Å². The molecular formula is C30H30BrClN6O2. The topological polar surface area (TPSA) is 86.5 Å². The number of anilines is 1. The first-order valence-corrected chi connectivity index (χ1v) is 14.4. The van der Waals surface area contributed by atoms with Crippen LogP contribution < -0.4 is 14.9 Å². The fourth-order valence-corrected chi connectivity index (χ4v) is 5.32. The minimum absolute atomic E-state index is 0.311. The summed E-state index contributed by atoms with van der Waals surface area (Å²) in [4.78, 5) is 4.77. The molecule has 0 aliphatic rings. The minimum Gasteiger partial charge on any atom is -0.493 e. The lowest BCUT2D eigenvalue weighted by molar-refractivity contribution is 0.282. The maximum absolute atomic E-state index is 6.27.